The molecule has 96 valence electrons. The highest BCUT2D eigenvalue weighted by molar-refractivity contribution is 9.10. The maximum Gasteiger partial charge on any atom is 0.0389 e. The van der Waals surface area contributed by atoms with Crippen LogP contribution in [0.15, 0.2) is 34.8 Å². The first kappa shape index (κ1) is 13.8. The number of hydrogen-bond acceptors (Lipinski definition) is 2. The molecule has 0 bridgehead atoms. The van der Waals surface area contributed by atoms with Gasteiger partial charge in [0.1, 0.15) is 0 Å². The van der Waals surface area contributed by atoms with Crippen molar-refractivity contribution in [2.75, 3.05) is 0 Å². The first-order valence-electron chi connectivity index (χ1n) is 6.23. The van der Waals surface area contributed by atoms with Crippen LogP contribution < -0.4 is 5.73 Å². The van der Waals surface area contributed by atoms with Crippen LogP contribution >= 0.6 is 27.3 Å². The fourth-order valence-electron chi connectivity index (χ4n) is 2.01. The van der Waals surface area contributed by atoms with Crippen LogP contribution in [0.2, 0.25) is 0 Å². The summed E-state index contributed by atoms with van der Waals surface area (Å²) in [6.45, 7) is 4.32. The maximum absolute atomic E-state index is 6.17. The van der Waals surface area contributed by atoms with E-state index >= 15 is 0 Å². The summed E-state index contributed by atoms with van der Waals surface area (Å²) in [5.41, 5.74) is 8.76. The smallest absolute Gasteiger partial charge is 0.0389 e. The van der Waals surface area contributed by atoms with E-state index in [0.29, 0.717) is 0 Å². The van der Waals surface area contributed by atoms with Crippen molar-refractivity contribution in [1.82, 2.24) is 0 Å². The Labute approximate surface area is 121 Å². The summed E-state index contributed by atoms with van der Waals surface area (Å²) in [4.78, 5) is 2.58. The van der Waals surface area contributed by atoms with E-state index in [2.05, 4.69) is 60.1 Å². The first-order valence-corrected chi connectivity index (χ1v) is 7.84. The first-order chi connectivity index (χ1) is 8.61. The van der Waals surface area contributed by atoms with E-state index in [9.17, 15) is 0 Å². The second kappa shape index (κ2) is 6.00. The van der Waals surface area contributed by atoms with Crippen LogP contribution in [-0.2, 0) is 0 Å². The molecule has 0 saturated heterocycles. The van der Waals surface area contributed by atoms with Crippen molar-refractivity contribution >= 4 is 27.3 Å². The Morgan fingerprint density at radius 1 is 1.28 bits per heavy atom. The van der Waals surface area contributed by atoms with E-state index in [4.69, 9.17) is 5.73 Å². The molecule has 1 unspecified atom stereocenters. The molecule has 2 rings (SSSR count). The predicted octanol–water partition coefficient (Wildman–Crippen LogP) is 5.29. The number of rotatable bonds is 4. The summed E-state index contributed by atoms with van der Waals surface area (Å²) in [6, 6.07) is 10.9. The van der Waals surface area contributed by atoms with Gasteiger partial charge in [0, 0.05) is 20.3 Å². The Bertz CT molecular complexity index is 533. The zero-order valence-corrected chi connectivity index (χ0v) is 13.1. The lowest BCUT2D eigenvalue weighted by molar-refractivity contribution is 0.648. The van der Waals surface area contributed by atoms with Gasteiger partial charge in [0.05, 0.1) is 0 Å². The van der Waals surface area contributed by atoms with Crippen LogP contribution in [-0.4, -0.2) is 0 Å². The number of halogens is 1. The van der Waals surface area contributed by atoms with Gasteiger partial charge in [-0.25, -0.2) is 0 Å². The molecule has 1 atom stereocenters. The lowest BCUT2D eigenvalue weighted by atomic mass is 10.1. The van der Waals surface area contributed by atoms with Gasteiger partial charge in [0.15, 0.2) is 0 Å². The summed E-state index contributed by atoms with van der Waals surface area (Å²) >= 11 is 5.35. The van der Waals surface area contributed by atoms with Gasteiger partial charge < -0.3 is 5.73 Å². The molecule has 1 nitrogen and oxygen atoms in total. The van der Waals surface area contributed by atoms with Crippen molar-refractivity contribution < 1.29 is 0 Å². The molecule has 2 N–H and O–H groups in total. The highest BCUT2D eigenvalue weighted by Crippen LogP contribution is 2.35. The van der Waals surface area contributed by atoms with Gasteiger partial charge in [-0.15, -0.1) is 11.3 Å². The molecule has 18 heavy (non-hydrogen) atoms. The molecule has 0 amide bonds. The highest BCUT2D eigenvalue weighted by atomic mass is 79.9. The fourth-order valence-corrected chi connectivity index (χ4v) is 3.50. The molecule has 3 heteroatoms. The summed E-state index contributed by atoms with van der Waals surface area (Å²) in [7, 11) is 0. The Balaban J connectivity index is 2.32. The summed E-state index contributed by atoms with van der Waals surface area (Å²) in [5, 5.41) is 0. The minimum atomic E-state index is 0.182. The molecule has 1 aromatic heterocycles. The molecule has 0 spiro atoms. The van der Waals surface area contributed by atoms with Crippen LogP contribution in [0.25, 0.3) is 10.4 Å². The van der Waals surface area contributed by atoms with Crippen LogP contribution in [0.4, 0.5) is 0 Å². The van der Waals surface area contributed by atoms with Gasteiger partial charge in [-0.05, 0) is 48.7 Å². The molecule has 0 radical (unpaired) electrons. The lowest BCUT2D eigenvalue weighted by Gasteiger charge is -2.07. The van der Waals surface area contributed by atoms with Gasteiger partial charge in [-0.3, -0.25) is 0 Å². The zero-order chi connectivity index (χ0) is 13.1. The van der Waals surface area contributed by atoms with Gasteiger partial charge in [-0.2, -0.15) is 0 Å². The van der Waals surface area contributed by atoms with Crippen LogP contribution in [0.5, 0.6) is 0 Å². The van der Waals surface area contributed by atoms with Gasteiger partial charge in [-0.1, -0.05) is 35.3 Å². The third-order valence-corrected chi connectivity index (χ3v) is 4.80. The predicted molar refractivity (Wildman–Crippen MR) is 84.0 cm³/mol. The Hall–Kier alpha value is -0.640. The minimum absolute atomic E-state index is 0.182. The van der Waals surface area contributed by atoms with Gasteiger partial charge in [0.25, 0.3) is 0 Å². The zero-order valence-electron chi connectivity index (χ0n) is 10.7. The third-order valence-electron chi connectivity index (χ3n) is 3.06. The largest absolute Gasteiger partial charge is 0.323 e. The van der Waals surface area contributed by atoms with Crippen LogP contribution in [0.1, 0.15) is 36.2 Å². The second-order valence-electron chi connectivity index (χ2n) is 4.56. The SMILES string of the molecule is CCCC(N)c1ccc(-c2cc(Br)ccc2C)s1. The average Bonchev–Trinajstić information content (AvgIpc) is 2.82. The summed E-state index contributed by atoms with van der Waals surface area (Å²) < 4.78 is 1.12. The number of aryl methyl sites for hydroxylation is 1. The summed E-state index contributed by atoms with van der Waals surface area (Å²) in [5.74, 6) is 0. The second-order valence-corrected chi connectivity index (χ2v) is 6.59. The average molecular weight is 324 g/mol. The molecule has 2 aromatic rings. The van der Waals surface area contributed by atoms with Crippen molar-refractivity contribution in [1.29, 1.82) is 0 Å². The molecule has 0 fully saturated rings. The molecule has 1 aromatic carbocycles. The number of thiophene rings is 1. The van der Waals surface area contributed by atoms with E-state index in [1.54, 1.807) is 0 Å². The van der Waals surface area contributed by atoms with Crippen molar-refractivity contribution in [2.45, 2.75) is 32.7 Å². The van der Waals surface area contributed by atoms with Crippen molar-refractivity contribution in [2.24, 2.45) is 5.73 Å². The van der Waals surface area contributed by atoms with E-state index < -0.39 is 0 Å². The number of benzene rings is 1. The highest BCUT2D eigenvalue weighted by Gasteiger charge is 2.10. The van der Waals surface area contributed by atoms with Crippen molar-refractivity contribution in [3.8, 4) is 10.4 Å². The third kappa shape index (κ3) is 3.02. The number of nitrogens with two attached hydrogens (primary N) is 1. The molecule has 0 saturated carbocycles. The maximum atomic E-state index is 6.17. The fraction of sp³-hybridized carbons (Fsp3) is 0.333. The Morgan fingerprint density at radius 3 is 2.78 bits per heavy atom. The molecule has 0 aliphatic heterocycles. The minimum Gasteiger partial charge on any atom is -0.323 e. The van der Waals surface area contributed by atoms with E-state index in [0.717, 1.165) is 17.3 Å². The van der Waals surface area contributed by atoms with Crippen molar-refractivity contribution in [3.63, 3.8) is 0 Å². The normalized spacial score (nSPS) is 12.7. The topological polar surface area (TPSA) is 26.0 Å². The standard InChI is InChI=1S/C15H18BrNS/c1-3-4-13(17)15-8-7-14(18-15)12-9-11(16)6-5-10(12)2/h5-9,13H,3-4,17H2,1-2H3. The quantitative estimate of drug-likeness (QED) is 0.813. The summed E-state index contributed by atoms with van der Waals surface area (Å²) in [6.07, 6.45) is 2.18. The van der Waals surface area contributed by atoms with Crippen LogP contribution in [0.3, 0.4) is 0 Å². The van der Waals surface area contributed by atoms with E-state index in [-0.39, 0.29) is 6.04 Å². The molecule has 0 aliphatic rings. The lowest BCUT2D eigenvalue weighted by Crippen LogP contribution is -2.07. The van der Waals surface area contributed by atoms with E-state index in [1.807, 2.05) is 11.3 Å². The molecule has 1 heterocycles. The van der Waals surface area contributed by atoms with E-state index in [1.165, 1.54) is 20.9 Å². The van der Waals surface area contributed by atoms with Crippen molar-refractivity contribution in [3.05, 3.63) is 45.2 Å². The molecular formula is C15H18BrNS. The number of hydrogen-bond donors (Lipinski definition) is 1. The van der Waals surface area contributed by atoms with Gasteiger partial charge in [0.2, 0.25) is 0 Å². The molecular weight excluding hydrogens is 306 g/mol. The van der Waals surface area contributed by atoms with Gasteiger partial charge >= 0.3 is 0 Å². The van der Waals surface area contributed by atoms with Crippen LogP contribution in [0, 0.1) is 6.92 Å². The Kier molecular flexibility index (Phi) is 4.60. The Morgan fingerprint density at radius 2 is 2.06 bits per heavy atom. The molecule has 0 aliphatic carbocycles. The monoisotopic (exact) mass is 323 g/mol.